The minimum absolute atomic E-state index is 0.0367. The zero-order valence-corrected chi connectivity index (χ0v) is 11.9. The molecule has 0 unspecified atom stereocenters. The minimum atomic E-state index is -0.236. The Kier molecular flexibility index (Phi) is 4.59. The molecule has 2 rings (SSSR count). The van der Waals surface area contributed by atoms with E-state index in [1.807, 2.05) is 6.07 Å². The summed E-state index contributed by atoms with van der Waals surface area (Å²) in [5.41, 5.74) is 1.11. The molecular formula is C16H23NO2. The van der Waals surface area contributed by atoms with Crippen LogP contribution in [-0.4, -0.2) is 38.1 Å². The van der Waals surface area contributed by atoms with Gasteiger partial charge in [-0.1, -0.05) is 36.8 Å². The standard InChI is InChI=1S/C16H23NO2/c1-17(12-9-14-7-4-3-5-8-14)13-16(10-6-11-16)15(18)19-2/h3-5,7-8H,6,9-13H2,1-2H3. The van der Waals surface area contributed by atoms with Crippen LogP contribution in [0.15, 0.2) is 30.3 Å². The van der Waals surface area contributed by atoms with Gasteiger partial charge in [-0.15, -0.1) is 0 Å². The molecule has 19 heavy (non-hydrogen) atoms. The van der Waals surface area contributed by atoms with E-state index in [1.165, 1.54) is 12.7 Å². The van der Waals surface area contributed by atoms with Crippen LogP contribution in [0, 0.1) is 5.41 Å². The third-order valence-corrected chi connectivity index (χ3v) is 4.13. The van der Waals surface area contributed by atoms with Crippen LogP contribution in [-0.2, 0) is 16.0 Å². The molecule has 0 heterocycles. The van der Waals surface area contributed by atoms with Crippen LogP contribution in [0.4, 0.5) is 0 Å². The summed E-state index contributed by atoms with van der Waals surface area (Å²) in [6.45, 7) is 1.79. The second kappa shape index (κ2) is 6.20. The number of hydrogen-bond donors (Lipinski definition) is 0. The second-order valence-corrected chi connectivity index (χ2v) is 5.60. The zero-order valence-electron chi connectivity index (χ0n) is 11.9. The van der Waals surface area contributed by atoms with Gasteiger partial charge in [0.2, 0.25) is 0 Å². The normalized spacial score (nSPS) is 17.0. The lowest BCUT2D eigenvalue weighted by atomic mass is 9.68. The quantitative estimate of drug-likeness (QED) is 0.737. The fourth-order valence-corrected chi connectivity index (χ4v) is 2.81. The molecule has 0 radical (unpaired) electrons. The van der Waals surface area contributed by atoms with Crippen molar-refractivity contribution in [3.63, 3.8) is 0 Å². The van der Waals surface area contributed by atoms with Crippen molar-refractivity contribution in [1.29, 1.82) is 0 Å². The van der Waals surface area contributed by atoms with E-state index in [1.54, 1.807) is 0 Å². The molecule has 0 bridgehead atoms. The largest absolute Gasteiger partial charge is 0.469 e. The molecule has 3 heteroatoms. The molecule has 0 spiro atoms. The molecule has 0 saturated heterocycles. The lowest BCUT2D eigenvalue weighted by Crippen LogP contribution is -2.47. The molecule has 1 aliphatic rings. The highest BCUT2D eigenvalue weighted by atomic mass is 16.5. The number of nitrogens with zero attached hydrogens (tertiary/aromatic N) is 1. The highest BCUT2D eigenvalue weighted by Gasteiger charge is 2.45. The summed E-state index contributed by atoms with van der Waals surface area (Å²) in [4.78, 5) is 14.1. The Bertz CT molecular complexity index is 412. The fraction of sp³-hybridized carbons (Fsp3) is 0.562. The van der Waals surface area contributed by atoms with E-state index in [2.05, 4.69) is 36.2 Å². The lowest BCUT2D eigenvalue weighted by Gasteiger charge is -2.41. The summed E-state index contributed by atoms with van der Waals surface area (Å²) in [7, 11) is 3.58. The van der Waals surface area contributed by atoms with E-state index in [4.69, 9.17) is 4.74 Å². The highest BCUT2D eigenvalue weighted by Crippen LogP contribution is 2.42. The predicted molar refractivity (Wildman–Crippen MR) is 75.9 cm³/mol. The first-order valence-electron chi connectivity index (χ1n) is 6.97. The third kappa shape index (κ3) is 3.35. The van der Waals surface area contributed by atoms with Crippen LogP contribution in [0.25, 0.3) is 0 Å². The fourth-order valence-electron chi connectivity index (χ4n) is 2.81. The maximum absolute atomic E-state index is 11.9. The van der Waals surface area contributed by atoms with Gasteiger partial charge in [-0.3, -0.25) is 4.79 Å². The van der Waals surface area contributed by atoms with Gasteiger partial charge in [-0.2, -0.15) is 0 Å². The number of carbonyl (C=O) groups excluding carboxylic acids is 1. The van der Waals surface area contributed by atoms with E-state index in [9.17, 15) is 4.79 Å². The molecule has 1 saturated carbocycles. The van der Waals surface area contributed by atoms with Crippen molar-refractivity contribution in [3.05, 3.63) is 35.9 Å². The molecule has 1 aliphatic carbocycles. The van der Waals surface area contributed by atoms with E-state index >= 15 is 0 Å². The Morgan fingerprint density at radius 1 is 1.32 bits per heavy atom. The molecule has 1 fully saturated rings. The first-order valence-corrected chi connectivity index (χ1v) is 6.97. The Morgan fingerprint density at radius 3 is 2.53 bits per heavy atom. The molecule has 3 nitrogen and oxygen atoms in total. The first kappa shape index (κ1) is 14.1. The van der Waals surface area contributed by atoms with Crippen LogP contribution >= 0.6 is 0 Å². The summed E-state index contributed by atoms with van der Waals surface area (Å²) < 4.78 is 4.96. The van der Waals surface area contributed by atoms with E-state index in [0.29, 0.717) is 0 Å². The topological polar surface area (TPSA) is 29.5 Å². The number of esters is 1. The molecular weight excluding hydrogens is 238 g/mol. The molecule has 0 N–H and O–H groups in total. The van der Waals surface area contributed by atoms with Crippen LogP contribution in [0.2, 0.25) is 0 Å². The molecule has 104 valence electrons. The van der Waals surface area contributed by atoms with Gasteiger partial charge < -0.3 is 9.64 Å². The summed E-state index contributed by atoms with van der Waals surface area (Å²) in [6.07, 6.45) is 4.10. The summed E-state index contributed by atoms with van der Waals surface area (Å²) in [5, 5.41) is 0. The van der Waals surface area contributed by atoms with E-state index in [-0.39, 0.29) is 11.4 Å². The van der Waals surface area contributed by atoms with Gasteiger partial charge in [-0.05, 0) is 31.9 Å². The van der Waals surface area contributed by atoms with Crippen molar-refractivity contribution >= 4 is 5.97 Å². The van der Waals surface area contributed by atoms with Gasteiger partial charge in [0.25, 0.3) is 0 Å². The van der Waals surface area contributed by atoms with Gasteiger partial charge in [-0.25, -0.2) is 0 Å². The zero-order chi connectivity index (χ0) is 13.7. The Morgan fingerprint density at radius 2 is 2.00 bits per heavy atom. The maximum atomic E-state index is 11.9. The van der Waals surface area contributed by atoms with Crippen LogP contribution in [0.3, 0.4) is 0 Å². The average Bonchev–Trinajstić information content (AvgIpc) is 2.41. The Hall–Kier alpha value is -1.35. The van der Waals surface area contributed by atoms with Crippen molar-refractivity contribution in [3.8, 4) is 0 Å². The van der Waals surface area contributed by atoms with Crippen molar-refractivity contribution in [1.82, 2.24) is 4.90 Å². The smallest absolute Gasteiger partial charge is 0.313 e. The van der Waals surface area contributed by atoms with E-state index < -0.39 is 0 Å². The van der Waals surface area contributed by atoms with Crippen molar-refractivity contribution < 1.29 is 9.53 Å². The Balaban J connectivity index is 1.83. The van der Waals surface area contributed by atoms with Crippen LogP contribution < -0.4 is 0 Å². The summed E-state index contributed by atoms with van der Waals surface area (Å²) in [6, 6.07) is 10.5. The van der Waals surface area contributed by atoms with Crippen LogP contribution in [0.5, 0.6) is 0 Å². The highest BCUT2D eigenvalue weighted by molar-refractivity contribution is 5.78. The number of ether oxygens (including phenoxy) is 1. The number of likely N-dealkylation sites (N-methyl/N-ethyl adjacent to an activating group) is 1. The van der Waals surface area contributed by atoms with Crippen molar-refractivity contribution in [2.24, 2.45) is 5.41 Å². The lowest BCUT2D eigenvalue weighted by molar-refractivity contribution is -0.159. The third-order valence-electron chi connectivity index (χ3n) is 4.13. The van der Waals surface area contributed by atoms with Gasteiger partial charge in [0.15, 0.2) is 0 Å². The molecule has 1 aromatic carbocycles. The number of hydrogen-bond acceptors (Lipinski definition) is 3. The Labute approximate surface area is 115 Å². The van der Waals surface area contributed by atoms with Gasteiger partial charge in [0, 0.05) is 13.1 Å². The van der Waals surface area contributed by atoms with Crippen LogP contribution in [0.1, 0.15) is 24.8 Å². The molecule has 1 aromatic rings. The first-order chi connectivity index (χ1) is 9.16. The van der Waals surface area contributed by atoms with Gasteiger partial charge in [0.05, 0.1) is 12.5 Å². The molecule has 0 aromatic heterocycles. The average molecular weight is 261 g/mol. The van der Waals surface area contributed by atoms with Gasteiger partial charge >= 0.3 is 5.97 Å². The van der Waals surface area contributed by atoms with Gasteiger partial charge in [0.1, 0.15) is 0 Å². The molecule has 0 atom stereocenters. The minimum Gasteiger partial charge on any atom is -0.469 e. The monoisotopic (exact) mass is 261 g/mol. The number of carbonyl (C=O) groups is 1. The number of rotatable bonds is 6. The predicted octanol–water partition coefficient (Wildman–Crippen LogP) is 2.50. The molecule has 0 aliphatic heterocycles. The van der Waals surface area contributed by atoms with Crippen molar-refractivity contribution in [2.45, 2.75) is 25.7 Å². The summed E-state index contributed by atoms with van der Waals surface area (Å²) in [5.74, 6) is -0.0367. The maximum Gasteiger partial charge on any atom is 0.313 e. The van der Waals surface area contributed by atoms with Crippen molar-refractivity contribution in [2.75, 3.05) is 27.2 Å². The SMILES string of the molecule is COC(=O)C1(CN(C)CCc2ccccc2)CCC1. The molecule has 0 amide bonds. The summed E-state index contributed by atoms with van der Waals surface area (Å²) >= 11 is 0. The number of benzene rings is 1. The number of methoxy groups -OCH3 is 1. The van der Waals surface area contributed by atoms with E-state index in [0.717, 1.165) is 38.8 Å². The second-order valence-electron chi connectivity index (χ2n) is 5.60.